The number of sulfonamides is 1. The summed E-state index contributed by atoms with van der Waals surface area (Å²) >= 11 is 11.5. The second-order valence-electron chi connectivity index (χ2n) is 3.31. The Bertz CT molecular complexity index is 550. The third kappa shape index (κ3) is 4.72. The molecule has 1 rings (SSSR count). The Morgan fingerprint density at radius 2 is 1.89 bits per heavy atom. The largest absolute Gasteiger partial charge is 0.240 e. The van der Waals surface area contributed by atoms with Crippen LogP contribution in [-0.2, 0) is 10.0 Å². The van der Waals surface area contributed by atoms with Crippen molar-refractivity contribution in [3.8, 4) is 0 Å². The molecule has 0 saturated carbocycles. The van der Waals surface area contributed by atoms with Crippen molar-refractivity contribution in [2.75, 3.05) is 13.1 Å². The van der Waals surface area contributed by atoms with E-state index in [9.17, 15) is 8.42 Å². The first kappa shape index (κ1) is 15.1. The Labute approximate surface area is 115 Å². The number of nitrogens with one attached hydrogen (secondary N) is 1. The van der Waals surface area contributed by atoms with Gasteiger partial charge in [0.05, 0.1) is 4.90 Å². The highest BCUT2D eigenvalue weighted by atomic mass is 35.5. The SMILES string of the molecule is [N-]=[N+]=NCCCNS(=O)(=O)c1cc(Cl)cc(Cl)c1. The summed E-state index contributed by atoms with van der Waals surface area (Å²) in [6, 6.07) is 4.07. The van der Waals surface area contributed by atoms with Gasteiger partial charge in [0.15, 0.2) is 0 Å². The molecule has 0 radical (unpaired) electrons. The summed E-state index contributed by atoms with van der Waals surface area (Å²) in [7, 11) is -3.65. The van der Waals surface area contributed by atoms with Crippen molar-refractivity contribution >= 4 is 33.2 Å². The number of rotatable bonds is 6. The van der Waals surface area contributed by atoms with Crippen molar-refractivity contribution < 1.29 is 8.42 Å². The van der Waals surface area contributed by atoms with Crippen LogP contribution in [-0.4, -0.2) is 21.5 Å². The summed E-state index contributed by atoms with van der Waals surface area (Å²) < 4.78 is 26.0. The van der Waals surface area contributed by atoms with Crippen molar-refractivity contribution in [2.45, 2.75) is 11.3 Å². The summed E-state index contributed by atoms with van der Waals surface area (Å²) in [6.45, 7) is 0.404. The van der Waals surface area contributed by atoms with Gasteiger partial charge in [0, 0.05) is 28.0 Å². The van der Waals surface area contributed by atoms with Crippen molar-refractivity contribution in [3.05, 3.63) is 38.7 Å². The van der Waals surface area contributed by atoms with Gasteiger partial charge < -0.3 is 0 Å². The van der Waals surface area contributed by atoms with Gasteiger partial charge in [0.25, 0.3) is 0 Å². The summed E-state index contributed by atoms with van der Waals surface area (Å²) in [5.41, 5.74) is 8.05. The quantitative estimate of drug-likeness (QED) is 0.378. The Morgan fingerprint density at radius 1 is 1.28 bits per heavy atom. The molecule has 0 aliphatic rings. The van der Waals surface area contributed by atoms with Gasteiger partial charge in [-0.25, -0.2) is 13.1 Å². The minimum atomic E-state index is -3.65. The lowest BCUT2D eigenvalue weighted by Gasteiger charge is -2.06. The number of benzene rings is 1. The fourth-order valence-corrected chi connectivity index (χ4v) is 2.97. The zero-order valence-corrected chi connectivity index (χ0v) is 11.5. The monoisotopic (exact) mass is 308 g/mol. The molecule has 0 unspecified atom stereocenters. The molecular formula is C9H10Cl2N4O2S. The lowest BCUT2D eigenvalue weighted by atomic mass is 10.4. The van der Waals surface area contributed by atoms with E-state index in [-0.39, 0.29) is 28.0 Å². The first-order valence-electron chi connectivity index (χ1n) is 4.92. The van der Waals surface area contributed by atoms with Gasteiger partial charge in [-0.2, -0.15) is 0 Å². The predicted molar refractivity (Wildman–Crippen MR) is 70.3 cm³/mol. The van der Waals surface area contributed by atoms with Gasteiger partial charge in [-0.3, -0.25) is 0 Å². The van der Waals surface area contributed by atoms with E-state index in [0.29, 0.717) is 6.42 Å². The van der Waals surface area contributed by atoms with E-state index < -0.39 is 10.0 Å². The lowest BCUT2D eigenvalue weighted by molar-refractivity contribution is 0.579. The Morgan fingerprint density at radius 3 is 2.44 bits per heavy atom. The third-order valence-electron chi connectivity index (χ3n) is 1.94. The molecule has 9 heteroatoms. The number of nitrogens with zero attached hydrogens (tertiary/aromatic N) is 3. The molecule has 0 aliphatic carbocycles. The molecule has 0 aromatic heterocycles. The molecule has 0 fully saturated rings. The van der Waals surface area contributed by atoms with E-state index in [1.54, 1.807) is 0 Å². The van der Waals surface area contributed by atoms with Gasteiger partial charge >= 0.3 is 0 Å². The van der Waals surface area contributed by atoms with Crippen LogP contribution in [0.25, 0.3) is 10.4 Å². The average molecular weight is 309 g/mol. The number of halogens is 2. The smallest absolute Gasteiger partial charge is 0.211 e. The summed E-state index contributed by atoms with van der Waals surface area (Å²) in [5, 5.41) is 3.79. The van der Waals surface area contributed by atoms with Gasteiger partial charge in [-0.1, -0.05) is 28.3 Å². The van der Waals surface area contributed by atoms with E-state index >= 15 is 0 Å². The minimum absolute atomic E-state index is 0.00350. The van der Waals surface area contributed by atoms with E-state index in [1.807, 2.05) is 0 Å². The Hall–Kier alpha value is -0.980. The Balaban J connectivity index is 2.71. The second-order valence-corrected chi connectivity index (χ2v) is 5.95. The number of hydrogen-bond acceptors (Lipinski definition) is 3. The third-order valence-corrected chi connectivity index (χ3v) is 3.81. The van der Waals surface area contributed by atoms with Crippen molar-refractivity contribution in [3.63, 3.8) is 0 Å². The van der Waals surface area contributed by atoms with Gasteiger partial charge in [0.1, 0.15) is 0 Å². The minimum Gasteiger partial charge on any atom is -0.211 e. The maximum Gasteiger partial charge on any atom is 0.240 e. The maximum atomic E-state index is 11.8. The van der Waals surface area contributed by atoms with Gasteiger partial charge in [-0.05, 0) is 30.2 Å². The first-order valence-corrected chi connectivity index (χ1v) is 7.16. The fraction of sp³-hybridized carbons (Fsp3) is 0.333. The molecule has 0 aliphatic heterocycles. The summed E-state index contributed by atoms with van der Waals surface area (Å²) in [4.78, 5) is 2.57. The zero-order chi connectivity index (χ0) is 13.6. The molecule has 0 saturated heterocycles. The molecule has 1 aromatic rings. The molecule has 0 spiro atoms. The predicted octanol–water partition coefficient (Wildman–Crippen LogP) is 2.97. The van der Waals surface area contributed by atoms with Gasteiger partial charge in [0.2, 0.25) is 10.0 Å². The van der Waals surface area contributed by atoms with Crippen LogP contribution in [0.2, 0.25) is 10.0 Å². The standard InChI is InChI=1S/C9H10Cl2N4O2S/c10-7-4-8(11)6-9(5-7)18(16,17)14-3-1-2-13-15-12/h4-6,14H,1-3H2. The molecule has 0 atom stereocenters. The molecular weight excluding hydrogens is 299 g/mol. The van der Waals surface area contributed by atoms with E-state index in [1.165, 1.54) is 18.2 Å². The van der Waals surface area contributed by atoms with Crippen molar-refractivity contribution in [2.24, 2.45) is 5.11 Å². The molecule has 0 bridgehead atoms. The average Bonchev–Trinajstić information content (AvgIpc) is 2.27. The van der Waals surface area contributed by atoms with Gasteiger partial charge in [-0.15, -0.1) is 0 Å². The zero-order valence-electron chi connectivity index (χ0n) is 9.18. The van der Waals surface area contributed by atoms with Crippen molar-refractivity contribution in [1.82, 2.24) is 4.72 Å². The normalized spacial score (nSPS) is 11.0. The molecule has 1 N–H and O–H groups in total. The molecule has 0 heterocycles. The van der Waals surface area contributed by atoms with Crippen molar-refractivity contribution in [1.29, 1.82) is 0 Å². The fourth-order valence-electron chi connectivity index (χ4n) is 1.17. The molecule has 98 valence electrons. The summed E-state index contributed by atoms with van der Waals surface area (Å²) in [5.74, 6) is 0. The summed E-state index contributed by atoms with van der Waals surface area (Å²) in [6.07, 6.45) is 0.414. The van der Waals surface area contributed by atoms with E-state index in [2.05, 4.69) is 14.7 Å². The van der Waals surface area contributed by atoms with Crippen LogP contribution in [0, 0.1) is 0 Å². The number of hydrogen-bond donors (Lipinski definition) is 1. The maximum absolute atomic E-state index is 11.8. The Kier molecular flexibility index (Phi) is 5.71. The molecule has 1 aromatic carbocycles. The van der Waals surface area contributed by atoms with Crippen LogP contribution in [0.5, 0.6) is 0 Å². The van der Waals surface area contributed by atoms with Crippen LogP contribution < -0.4 is 4.72 Å². The highest BCUT2D eigenvalue weighted by Gasteiger charge is 2.14. The van der Waals surface area contributed by atoms with Crippen LogP contribution in [0.1, 0.15) is 6.42 Å². The van der Waals surface area contributed by atoms with E-state index in [4.69, 9.17) is 28.7 Å². The first-order chi connectivity index (χ1) is 8.45. The van der Waals surface area contributed by atoms with Crippen LogP contribution in [0.3, 0.4) is 0 Å². The molecule has 18 heavy (non-hydrogen) atoms. The lowest BCUT2D eigenvalue weighted by Crippen LogP contribution is -2.25. The van der Waals surface area contributed by atoms with Crippen LogP contribution >= 0.6 is 23.2 Å². The second kappa shape index (κ2) is 6.82. The van der Waals surface area contributed by atoms with Crippen LogP contribution in [0.4, 0.5) is 0 Å². The molecule has 6 nitrogen and oxygen atoms in total. The molecule has 0 amide bonds. The highest BCUT2D eigenvalue weighted by molar-refractivity contribution is 7.89. The number of azide groups is 1. The topological polar surface area (TPSA) is 94.9 Å². The highest BCUT2D eigenvalue weighted by Crippen LogP contribution is 2.22. The van der Waals surface area contributed by atoms with E-state index in [0.717, 1.165) is 0 Å². The van der Waals surface area contributed by atoms with Crippen LogP contribution in [0.15, 0.2) is 28.2 Å².